The van der Waals surface area contributed by atoms with Gasteiger partial charge in [-0.15, -0.1) is 0 Å². The minimum Gasteiger partial charge on any atom is -0.369 e. The Balaban J connectivity index is 2.10. The van der Waals surface area contributed by atoms with E-state index in [1.165, 1.54) is 11.0 Å². The fourth-order valence-corrected chi connectivity index (χ4v) is 2.65. The van der Waals surface area contributed by atoms with Crippen LogP contribution in [0.5, 0.6) is 0 Å². The molecule has 2 rings (SSSR count). The smallest absolute Gasteiger partial charge is 0.369 e. The highest BCUT2D eigenvalue weighted by molar-refractivity contribution is 5.49. The van der Waals surface area contributed by atoms with Gasteiger partial charge in [-0.25, -0.2) is 4.39 Å². The van der Waals surface area contributed by atoms with Crippen molar-refractivity contribution in [3.8, 4) is 0 Å². The van der Waals surface area contributed by atoms with Gasteiger partial charge in [0.2, 0.25) is 0 Å². The number of benzene rings is 1. The van der Waals surface area contributed by atoms with Gasteiger partial charge in [-0.05, 0) is 37.1 Å². The summed E-state index contributed by atoms with van der Waals surface area (Å²) in [6.45, 7) is 3.60. The van der Waals surface area contributed by atoms with Gasteiger partial charge in [0.1, 0.15) is 5.82 Å². The van der Waals surface area contributed by atoms with Gasteiger partial charge in [-0.2, -0.15) is 13.2 Å². The molecule has 1 heterocycles. The van der Waals surface area contributed by atoms with Gasteiger partial charge in [-0.1, -0.05) is 13.0 Å². The van der Waals surface area contributed by atoms with Crippen LogP contribution in [0.2, 0.25) is 0 Å². The van der Waals surface area contributed by atoms with Crippen LogP contribution in [-0.4, -0.2) is 25.8 Å². The Kier molecular flexibility index (Phi) is 5.08. The molecule has 1 atom stereocenters. The molecule has 6 heteroatoms. The highest BCUT2D eigenvalue weighted by Crippen LogP contribution is 2.35. The standard InChI is InChI=1S/C15H20F4N2/c1-2-20-9-11-5-6-14(13(16)8-11)21-7-3-4-12(10-21)15(17,18)19/h5-6,8,12,20H,2-4,7,9-10H2,1H3. The molecule has 1 aliphatic rings. The summed E-state index contributed by atoms with van der Waals surface area (Å²) in [5.41, 5.74) is 1.06. The molecule has 0 spiro atoms. The van der Waals surface area contributed by atoms with E-state index in [0.29, 0.717) is 19.5 Å². The lowest BCUT2D eigenvalue weighted by molar-refractivity contribution is -0.176. The molecule has 0 aliphatic carbocycles. The van der Waals surface area contributed by atoms with Crippen molar-refractivity contribution in [3.05, 3.63) is 29.6 Å². The average molecular weight is 304 g/mol. The van der Waals surface area contributed by atoms with E-state index in [0.717, 1.165) is 12.1 Å². The maximum atomic E-state index is 14.1. The fourth-order valence-electron chi connectivity index (χ4n) is 2.65. The van der Waals surface area contributed by atoms with Gasteiger partial charge in [0.25, 0.3) is 0 Å². The second-order valence-electron chi connectivity index (χ2n) is 5.39. The molecule has 21 heavy (non-hydrogen) atoms. The number of nitrogens with zero attached hydrogens (tertiary/aromatic N) is 1. The van der Waals surface area contributed by atoms with E-state index in [1.54, 1.807) is 12.1 Å². The molecular formula is C15H20F4N2. The molecule has 1 aromatic rings. The molecule has 0 saturated carbocycles. The predicted octanol–water partition coefficient (Wildman–Crippen LogP) is 3.71. The minimum absolute atomic E-state index is 0.125. The van der Waals surface area contributed by atoms with Crippen LogP contribution in [0.15, 0.2) is 18.2 Å². The van der Waals surface area contributed by atoms with E-state index in [9.17, 15) is 17.6 Å². The van der Waals surface area contributed by atoms with Crippen LogP contribution >= 0.6 is 0 Å². The number of nitrogens with one attached hydrogen (secondary N) is 1. The molecule has 1 saturated heterocycles. The van der Waals surface area contributed by atoms with Crippen molar-refractivity contribution in [2.24, 2.45) is 5.92 Å². The van der Waals surface area contributed by atoms with Gasteiger partial charge >= 0.3 is 6.18 Å². The van der Waals surface area contributed by atoms with Crippen molar-refractivity contribution in [2.75, 3.05) is 24.5 Å². The summed E-state index contributed by atoms with van der Waals surface area (Å²) in [4.78, 5) is 1.51. The van der Waals surface area contributed by atoms with Crippen LogP contribution < -0.4 is 10.2 Å². The van der Waals surface area contributed by atoms with E-state index in [-0.39, 0.29) is 18.7 Å². The number of alkyl halides is 3. The summed E-state index contributed by atoms with van der Waals surface area (Å²) in [5.74, 6) is -1.82. The van der Waals surface area contributed by atoms with Crippen molar-refractivity contribution in [2.45, 2.75) is 32.5 Å². The summed E-state index contributed by atoms with van der Waals surface area (Å²) in [6.07, 6.45) is -3.65. The third-order valence-corrected chi connectivity index (χ3v) is 3.82. The third kappa shape index (κ3) is 4.09. The number of piperidine rings is 1. The number of anilines is 1. The first-order chi connectivity index (χ1) is 9.91. The lowest BCUT2D eigenvalue weighted by Gasteiger charge is -2.35. The van der Waals surface area contributed by atoms with Crippen LogP contribution in [0, 0.1) is 11.7 Å². The Morgan fingerprint density at radius 2 is 2.10 bits per heavy atom. The quantitative estimate of drug-likeness (QED) is 0.853. The summed E-state index contributed by atoms with van der Waals surface area (Å²) in [6, 6.07) is 4.74. The van der Waals surface area contributed by atoms with Crippen molar-refractivity contribution >= 4 is 5.69 Å². The Morgan fingerprint density at radius 1 is 1.33 bits per heavy atom. The number of halogens is 4. The SMILES string of the molecule is CCNCc1ccc(N2CCCC(C(F)(F)F)C2)c(F)c1. The van der Waals surface area contributed by atoms with Crippen LogP contribution in [0.1, 0.15) is 25.3 Å². The molecule has 2 nitrogen and oxygen atoms in total. The van der Waals surface area contributed by atoms with Gasteiger partial charge in [0.15, 0.2) is 0 Å². The van der Waals surface area contributed by atoms with E-state index in [1.807, 2.05) is 6.92 Å². The maximum absolute atomic E-state index is 14.1. The summed E-state index contributed by atoms with van der Waals surface area (Å²) in [5, 5.41) is 3.09. The molecular weight excluding hydrogens is 284 g/mol. The first-order valence-corrected chi connectivity index (χ1v) is 7.22. The highest BCUT2D eigenvalue weighted by atomic mass is 19.4. The normalized spacial score (nSPS) is 19.9. The molecule has 0 bridgehead atoms. The Hall–Kier alpha value is -1.30. The zero-order chi connectivity index (χ0) is 15.5. The zero-order valence-corrected chi connectivity index (χ0v) is 12.0. The van der Waals surface area contributed by atoms with Crippen LogP contribution in [-0.2, 0) is 6.54 Å². The summed E-state index contributed by atoms with van der Waals surface area (Å²) < 4.78 is 52.6. The third-order valence-electron chi connectivity index (χ3n) is 3.82. The van der Waals surface area contributed by atoms with Crippen LogP contribution in [0.4, 0.5) is 23.2 Å². The minimum atomic E-state index is -4.21. The highest BCUT2D eigenvalue weighted by Gasteiger charge is 2.42. The Labute approximate surface area is 122 Å². The lowest BCUT2D eigenvalue weighted by atomic mass is 9.97. The largest absolute Gasteiger partial charge is 0.393 e. The second kappa shape index (κ2) is 6.64. The summed E-state index contributed by atoms with van der Waals surface area (Å²) in [7, 11) is 0. The number of rotatable bonds is 4. The fraction of sp³-hybridized carbons (Fsp3) is 0.600. The Bertz CT molecular complexity index is 473. The molecule has 1 unspecified atom stereocenters. The zero-order valence-electron chi connectivity index (χ0n) is 12.0. The monoisotopic (exact) mass is 304 g/mol. The average Bonchev–Trinajstić information content (AvgIpc) is 2.44. The van der Waals surface area contributed by atoms with Crippen molar-refractivity contribution in [1.82, 2.24) is 5.32 Å². The van der Waals surface area contributed by atoms with Crippen molar-refractivity contribution in [3.63, 3.8) is 0 Å². The molecule has 1 fully saturated rings. The maximum Gasteiger partial charge on any atom is 0.393 e. The van der Waals surface area contributed by atoms with E-state index in [2.05, 4.69) is 5.32 Å². The lowest BCUT2D eigenvalue weighted by Crippen LogP contribution is -2.42. The van der Waals surface area contributed by atoms with E-state index < -0.39 is 17.9 Å². The van der Waals surface area contributed by atoms with Crippen LogP contribution in [0.25, 0.3) is 0 Å². The molecule has 0 aromatic heterocycles. The van der Waals surface area contributed by atoms with Crippen LogP contribution in [0.3, 0.4) is 0 Å². The molecule has 1 aliphatic heterocycles. The van der Waals surface area contributed by atoms with Gasteiger partial charge in [0, 0.05) is 19.6 Å². The second-order valence-corrected chi connectivity index (χ2v) is 5.39. The van der Waals surface area contributed by atoms with Gasteiger partial charge in [0.05, 0.1) is 11.6 Å². The van der Waals surface area contributed by atoms with Gasteiger partial charge < -0.3 is 10.2 Å². The molecule has 1 aromatic carbocycles. The number of hydrogen-bond acceptors (Lipinski definition) is 2. The topological polar surface area (TPSA) is 15.3 Å². The van der Waals surface area contributed by atoms with E-state index >= 15 is 0 Å². The molecule has 1 N–H and O–H groups in total. The molecule has 0 radical (unpaired) electrons. The predicted molar refractivity (Wildman–Crippen MR) is 74.8 cm³/mol. The van der Waals surface area contributed by atoms with Crippen molar-refractivity contribution < 1.29 is 17.6 Å². The first kappa shape index (κ1) is 16.1. The Morgan fingerprint density at radius 3 is 2.71 bits per heavy atom. The molecule has 0 amide bonds. The number of hydrogen-bond donors (Lipinski definition) is 1. The molecule has 118 valence electrons. The van der Waals surface area contributed by atoms with Crippen molar-refractivity contribution in [1.29, 1.82) is 0 Å². The van der Waals surface area contributed by atoms with Gasteiger partial charge in [-0.3, -0.25) is 0 Å². The van der Waals surface area contributed by atoms with E-state index in [4.69, 9.17) is 0 Å². The summed E-state index contributed by atoms with van der Waals surface area (Å²) >= 11 is 0. The first-order valence-electron chi connectivity index (χ1n) is 7.22.